The zero-order valence-electron chi connectivity index (χ0n) is 7.46. The van der Waals surface area contributed by atoms with Crippen LogP contribution in [0.4, 0.5) is 0 Å². The van der Waals surface area contributed by atoms with Crippen LogP contribution in [-0.4, -0.2) is 11.7 Å². The fourth-order valence-electron chi connectivity index (χ4n) is 1.88. The number of aliphatic hydroxyl groups excluding tert-OH is 1. The van der Waals surface area contributed by atoms with Crippen molar-refractivity contribution in [1.29, 1.82) is 0 Å². The molecule has 1 aliphatic heterocycles. The first kappa shape index (κ1) is 8.48. The summed E-state index contributed by atoms with van der Waals surface area (Å²) in [6, 6.07) is 6.23. The van der Waals surface area contributed by atoms with Crippen molar-refractivity contribution in [3.05, 3.63) is 41.5 Å². The standard InChI is InChI=1S/C11H13NO/c1-2-8-4-3-5-9-6-12-10(7-13)11(8)9/h2-5,10,12-13H,1,6-7H2. The molecule has 0 saturated carbocycles. The second-order valence-corrected chi connectivity index (χ2v) is 3.24. The maximum absolute atomic E-state index is 9.14. The lowest BCUT2D eigenvalue weighted by Gasteiger charge is -2.10. The monoisotopic (exact) mass is 175 g/mol. The Balaban J connectivity index is 2.52. The summed E-state index contributed by atoms with van der Waals surface area (Å²) in [5.41, 5.74) is 3.61. The Hall–Kier alpha value is -1.12. The van der Waals surface area contributed by atoms with E-state index in [2.05, 4.69) is 18.0 Å². The van der Waals surface area contributed by atoms with E-state index in [1.54, 1.807) is 0 Å². The SMILES string of the molecule is C=Cc1cccc2c1C(CO)NC2. The molecular formula is C11H13NO. The highest BCUT2D eigenvalue weighted by molar-refractivity contribution is 5.56. The first-order valence-corrected chi connectivity index (χ1v) is 4.45. The predicted molar refractivity (Wildman–Crippen MR) is 53.2 cm³/mol. The Morgan fingerprint density at radius 1 is 1.62 bits per heavy atom. The molecular weight excluding hydrogens is 162 g/mol. The largest absolute Gasteiger partial charge is 0.394 e. The highest BCUT2D eigenvalue weighted by Crippen LogP contribution is 2.28. The molecule has 0 spiro atoms. The molecule has 1 aromatic carbocycles. The van der Waals surface area contributed by atoms with E-state index in [-0.39, 0.29) is 12.6 Å². The third kappa shape index (κ3) is 1.28. The van der Waals surface area contributed by atoms with Gasteiger partial charge in [-0.1, -0.05) is 30.9 Å². The van der Waals surface area contributed by atoms with Gasteiger partial charge in [0.15, 0.2) is 0 Å². The van der Waals surface area contributed by atoms with E-state index in [0.717, 1.165) is 12.1 Å². The van der Waals surface area contributed by atoms with E-state index in [0.29, 0.717) is 0 Å². The summed E-state index contributed by atoms with van der Waals surface area (Å²) in [7, 11) is 0. The van der Waals surface area contributed by atoms with Crippen LogP contribution in [0.3, 0.4) is 0 Å². The summed E-state index contributed by atoms with van der Waals surface area (Å²) in [4.78, 5) is 0. The van der Waals surface area contributed by atoms with Crippen LogP contribution in [0.15, 0.2) is 24.8 Å². The number of fused-ring (bicyclic) bond motifs is 1. The minimum Gasteiger partial charge on any atom is -0.394 e. The van der Waals surface area contributed by atoms with Crippen molar-refractivity contribution in [3.8, 4) is 0 Å². The van der Waals surface area contributed by atoms with E-state index in [4.69, 9.17) is 5.11 Å². The minimum atomic E-state index is 0.0872. The van der Waals surface area contributed by atoms with Crippen molar-refractivity contribution in [2.45, 2.75) is 12.6 Å². The molecule has 0 radical (unpaired) electrons. The normalized spacial score (nSPS) is 19.9. The number of nitrogens with one attached hydrogen (secondary N) is 1. The second kappa shape index (κ2) is 3.32. The molecule has 0 aromatic heterocycles. The average Bonchev–Trinajstić information content (AvgIpc) is 2.60. The molecule has 1 heterocycles. The molecule has 2 rings (SSSR count). The Labute approximate surface area is 77.9 Å². The maximum atomic E-state index is 9.14. The second-order valence-electron chi connectivity index (χ2n) is 3.24. The van der Waals surface area contributed by atoms with Gasteiger partial charge in [-0.3, -0.25) is 0 Å². The summed E-state index contributed by atoms with van der Waals surface area (Å²) in [6.45, 7) is 4.77. The van der Waals surface area contributed by atoms with Gasteiger partial charge in [0.05, 0.1) is 12.6 Å². The highest BCUT2D eigenvalue weighted by atomic mass is 16.3. The third-order valence-corrected chi connectivity index (χ3v) is 2.52. The molecule has 1 atom stereocenters. The zero-order valence-corrected chi connectivity index (χ0v) is 7.46. The van der Waals surface area contributed by atoms with Crippen molar-refractivity contribution < 1.29 is 5.11 Å². The third-order valence-electron chi connectivity index (χ3n) is 2.52. The summed E-state index contributed by atoms with van der Waals surface area (Å²) in [6.07, 6.45) is 1.84. The first-order chi connectivity index (χ1) is 6.36. The number of hydrogen-bond acceptors (Lipinski definition) is 2. The van der Waals surface area contributed by atoms with Gasteiger partial charge < -0.3 is 10.4 Å². The predicted octanol–water partition coefficient (Wildman–Crippen LogP) is 1.47. The van der Waals surface area contributed by atoms with E-state index in [1.807, 2.05) is 18.2 Å². The maximum Gasteiger partial charge on any atom is 0.0626 e. The lowest BCUT2D eigenvalue weighted by molar-refractivity contribution is 0.251. The van der Waals surface area contributed by atoms with Crippen molar-refractivity contribution in [1.82, 2.24) is 5.32 Å². The van der Waals surface area contributed by atoms with Crippen LogP contribution in [0, 0.1) is 0 Å². The Morgan fingerprint density at radius 2 is 2.46 bits per heavy atom. The van der Waals surface area contributed by atoms with Crippen molar-refractivity contribution >= 4 is 6.08 Å². The van der Waals surface area contributed by atoms with Crippen molar-refractivity contribution in [2.75, 3.05) is 6.61 Å². The van der Waals surface area contributed by atoms with E-state index in [9.17, 15) is 0 Å². The Bertz CT molecular complexity index is 333. The summed E-state index contributed by atoms with van der Waals surface area (Å²) in [5, 5.41) is 12.4. The van der Waals surface area contributed by atoms with Gasteiger partial charge in [-0.15, -0.1) is 0 Å². The highest BCUT2D eigenvalue weighted by Gasteiger charge is 2.22. The number of rotatable bonds is 2. The smallest absolute Gasteiger partial charge is 0.0626 e. The van der Waals surface area contributed by atoms with Gasteiger partial charge in [-0.2, -0.15) is 0 Å². The molecule has 0 fully saturated rings. The van der Waals surface area contributed by atoms with Crippen LogP contribution >= 0.6 is 0 Å². The number of benzene rings is 1. The van der Waals surface area contributed by atoms with Crippen LogP contribution in [0.2, 0.25) is 0 Å². The van der Waals surface area contributed by atoms with Gasteiger partial charge in [-0.25, -0.2) is 0 Å². The van der Waals surface area contributed by atoms with Crippen molar-refractivity contribution in [3.63, 3.8) is 0 Å². The number of hydrogen-bond donors (Lipinski definition) is 2. The molecule has 0 aliphatic carbocycles. The van der Waals surface area contributed by atoms with E-state index in [1.165, 1.54) is 11.1 Å². The van der Waals surface area contributed by atoms with Crippen LogP contribution in [-0.2, 0) is 6.54 Å². The quantitative estimate of drug-likeness (QED) is 0.713. The van der Waals surface area contributed by atoms with Crippen LogP contribution in [0.1, 0.15) is 22.7 Å². The minimum absolute atomic E-state index is 0.0872. The fraction of sp³-hybridized carbons (Fsp3) is 0.273. The molecule has 0 saturated heterocycles. The van der Waals surface area contributed by atoms with Gasteiger partial charge in [0.25, 0.3) is 0 Å². The van der Waals surface area contributed by atoms with Crippen LogP contribution < -0.4 is 5.32 Å². The molecule has 68 valence electrons. The molecule has 1 aliphatic rings. The van der Waals surface area contributed by atoms with E-state index >= 15 is 0 Å². The number of aliphatic hydroxyl groups is 1. The molecule has 1 unspecified atom stereocenters. The topological polar surface area (TPSA) is 32.3 Å². The Morgan fingerprint density at radius 3 is 3.15 bits per heavy atom. The first-order valence-electron chi connectivity index (χ1n) is 4.45. The molecule has 2 heteroatoms. The molecule has 2 N–H and O–H groups in total. The molecule has 2 nitrogen and oxygen atoms in total. The molecule has 0 bridgehead atoms. The van der Waals surface area contributed by atoms with Gasteiger partial charge in [0.2, 0.25) is 0 Å². The average molecular weight is 175 g/mol. The lowest BCUT2D eigenvalue weighted by atomic mass is 9.99. The summed E-state index contributed by atoms with van der Waals surface area (Å²) in [5.74, 6) is 0. The van der Waals surface area contributed by atoms with E-state index < -0.39 is 0 Å². The fourth-order valence-corrected chi connectivity index (χ4v) is 1.88. The summed E-state index contributed by atoms with van der Waals surface area (Å²) >= 11 is 0. The Kier molecular flexibility index (Phi) is 2.17. The van der Waals surface area contributed by atoms with Gasteiger partial charge in [-0.05, 0) is 16.7 Å². The molecule has 0 amide bonds. The van der Waals surface area contributed by atoms with Crippen molar-refractivity contribution in [2.24, 2.45) is 0 Å². The zero-order chi connectivity index (χ0) is 9.26. The molecule has 13 heavy (non-hydrogen) atoms. The van der Waals surface area contributed by atoms with Crippen LogP contribution in [0.5, 0.6) is 0 Å². The van der Waals surface area contributed by atoms with Crippen LogP contribution in [0.25, 0.3) is 6.08 Å². The van der Waals surface area contributed by atoms with Gasteiger partial charge in [0, 0.05) is 6.54 Å². The van der Waals surface area contributed by atoms with Gasteiger partial charge >= 0.3 is 0 Å². The van der Waals surface area contributed by atoms with Gasteiger partial charge in [0.1, 0.15) is 0 Å². The molecule has 1 aromatic rings. The lowest BCUT2D eigenvalue weighted by Crippen LogP contribution is -2.16. The summed E-state index contributed by atoms with van der Waals surface area (Å²) < 4.78 is 0.